The van der Waals surface area contributed by atoms with Crippen LogP contribution in [0, 0.1) is 6.92 Å². The summed E-state index contributed by atoms with van der Waals surface area (Å²) in [5.41, 5.74) is 10.5. The third-order valence-electron chi connectivity index (χ3n) is 3.23. The van der Waals surface area contributed by atoms with Gasteiger partial charge in [-0.1, -0.05) is 34.1 Å². The first-order valence-electron chi connectivity index (χ1n) is 6.40. The molecule has 2 N–H and O–H groups in total. The van der Waals surface area contributed by atoms with Gasteiger partial charge in [-0.05, 0) is 55.3 Å². The monoisotopic (exact) mass is 318 g/mol. The molecule has 19 heavy (non-hydrogen) atoms. The first-order valence-corrected chi connectivity index (χ1v) is 7.20. The molecule has 0 aromatic heterocycles. The summed E-state index contributed by atoms with van der Waals surface area (Å²) >= 11 is 3.62. The quantitative estimate of drug-likeness (QED) is 0.922. The van der Waals surface area contributed by atoms with Crippen LogP contribution in [0.5, 0.6) is 0 Å². The molecule has 100 valence electrons. The molecule has 0 atom stereocenters. The Bertz CT molecular complexity index is 566. The largest absolute Gasteiger partial charge is 0.345 e. The van der Waals surface area contributed by atoms with E-state index >= 15 is 0 Å². The van der Waals surface area contributed by atoms with E-state index in [1.54, 1.807) is 0 Å². The van der Waals surface area contributed by atoms with Crippen LogP contribution < -0.4 is 10.6 Å². The first kappa shape index (κ1) is 14.1. The summed E-state index contributed by atoms with van der Waals surface area (Å²) in [4.78, 5) is 2.18. The number of benzene rings is 2. The van der Waals surface area contributed by atoms with Crippen molar-refractivity contribution in [2.24, 2.45) is 5.73 Å². The normalized spacial score (nSPS) is 10.5. The third kappa shape index (κ3) is 3.37. The fourth-order valence-electron chi connectivity index (χ4n) is 2.09. The van der Waals surface area contributed by atoms with E-state index in [4.69, 9.17) is 5.73 Å². The predicted octanol–water partition coefficient (Wildman–Crippen LogP) is 4.03. The topological polar surface area (TPSA) is 29.3 Å². The van der Waals surface area contributed by atoms with E-state index in [1.807, 2.05) is 0 Å². The Balaban J connectivity index is 2.29. The number of nitrogens with two attached hydrogens (primary N) is 1. The maximum Gasteiger partial charge on any atom is 0.0419 e. The van der Waals surface area contributed by atoms with Gasteiger partial charge in [0.05, 0.1) is 0 Å². The molecule has 0 aliphatic rings. The Labute approximate surface area is 123 Å². The highest BCUT2D eigenvalue weighted by atomic mass is 79.9. The minimum atomic E-state index is 0.672. The van der Waals surface area contributed by atoms with Crippen LogP contribution >= 0.6 is 15.9 Å². The van der Waals surface area contributed by atoms with Crippen molar-refractivity contribution in [1.82, 2.24) is 0 Å². The van der Waals surface area contributed by atoms with E-state index in [-0.39, 0.29) is 0 Å². The van der Waals surface area contributed by atoms with Crippen LogP contribution in [0.3, 0.4) is 0 Å². The second kappa shape index (κ2) is 6.22. The standard InChI is InChI=1S/C16H19BrN2/c1-12-4-3-5-14(10-12)19(2)15-7-6-13(8-9-18)16(17)11-15/h3-7,10-11H,8-9,18H2,1-2H3. The Morgan fingerprint density at radius 2 is 1.84 bits per heavy atom. The number of hydrogen-bond donors (Lipinski definition) is 1. The minimum absolute atomic E-state index is 0.672. The zero-order valence-corrected chi connectivity index (χ0v) is 12.9. The van der Waals surface area contributed by atoms with Gasteiger partial charge in [-0.25, -0.2) is 0 Å². The van der Waals surface area contributed by atoms with Crippen molar-refractivity contribution in [2.75, 3.05) is 18.5 Å². The van der Waals surface area contributed by atoms with Gasteiger partial charge in [-0.3, -0.25) is 0 Å². The van der Waals surface area contributed by atoms with Crippen molar-refractivity contribution in [3.05, 3.63) is 58.1 Å². The summed E-state index contributed by atoms with van der Waals surface area (Å²) in [7, 11) is 2.08. The lowest BCUT2D eigenvalue weighted by Crippen LogP contribution is -2.10. The molecule has 0 aliphatic carbocycles. The molecule has 2 nitrogen and oxygen atoms in total. The summed E-state index contributed by atoms with van der Waals surface area (Å²) in [6.45, 7) is 2.78. The highest BCUT2D eigenvalue weighted by Crippen LogP contribution is 2.28. The van der Waals surface area contributed by atoms with Gasteiger partial charge in [-0.2, -0.15) is 0 Å². The van der Waals surface area contributed by atoms with Gasteiger partial charge < -0.3 is 10.6 Å². The molecule has 3 heteroatoms. The van der Waals surface area contributed by atoms with Crippen molar-refractivity contribution in [3.63, 3.8) is 0 Å². The third-order valence-corrected chi connectivity index (χ3v) is 3.96. The smallest absolute Gasteiger partial charge is 0.0419 e. The number of rotatable bonds is 4. The van der Waals surface area contributed by atoms with Crippen LogP contribution in [-0.4, -0.2) is 13.6 Å². The lowest BCUT2D eigenvalue weighted by atomic mass is 10.1. The molecular formula is C16H19BrN2. The summed E-state index contributed by atoms with van der Waals surface area (Å²) in [6.07, 6.45) is 0.898. The van der Waals surface area contributed by atoms with Gasteiger partial charge in [0.25, 0.3) is 0 Å². The summed E-state index contributed by atoms with van der Waals surface area (Å²) < 4.78 is 1.12. The highest BCUT2D eigenvalue weighted by molar-refractivity contribution is 9.10. The van der Waals surface area contributed by atoms with Crippen LogP contribution in [0.15, 0.2) is 46.9 Å². The van der Waals surface area contributed by atoms with Crippen LogP contribution in [0.2, 0.25) is 0 Å². The van der Waals surface area contributed by atoms with E-state index in [2.05, 4.69) is 77.3 Å². The summed E-state index contributed by atoms with van der Waals surface area (Å²) in [5, 5.41) is 0. The molecule has 0 saturated carbocycles. The maximum absolute atomic E-state index is 5.60. The molecule has 0 amide bonds. The number of aryl methyl sites for hydroxylation is 1. The molecule has 0 heterocycles. The van der Waals surface area contributed by atoms with Crippen LogP contribution in [0.4, 0.5) is 11.4 Å². The molecular weight excluding hydrogens is 300 g/mol. The van der Waals surface area contributed by atoms with Gasteiger partial charge >= 0.3 is 0 Å². The Morgan fingerprint density at radius 1 is 1.11 bits per heavy atom. The number of nitrogens with zero attached hydrogens (tertiary/aromatic N) is 1. The minimum Gasteiger partial charge on any atom is -0.345 e. The predicted molar refractivity (Wildman–Crippen MR) is 86.1 cm³/mol. The average molecular weight is 319 g/mol. The molecule has 0 fully saturated rings. The zero-order valence-electron chi connectivity index (χ0n) is 11.4. The Kier molecular flexibility index (Phi) is 4.61. The number of hydrogen-bond acceptors (Lipinski definition) is 2. The van der Waals surface area contributed by atoms with E-state index in [9.17, 15) is 0 Å². The van der Waals surface area contributed by atoms with Crippen LogP contribution in [-0.2, 0) is 6.42 Å². The van der Waals surface area contributed by atoms with Crippen molar-refractivity contribution in [3.8, 4) is 0 Å². The fourth-order valence-corrected chi connectivity index (χ4v) is 2.65. The van der Waals surface area contributed by atoms with Crippen molar-refractivity contribution in [1.29, 1.82) is 0 Å². The number of anilines is 2. The van der Waals surface area contributed by atoms with Crippen molar-refractivity contribution < 1.29 is 0 Å². The fraction of sp³-hybridized carbons (Fsp3) is 0.250. The molecule has 0 unspecified atom stereocenters. The van der Waals surface area contributed by atoms with E-state index in [0.29, 0.717) is 6.54 Å². The van der Waals surface area contributed by atoms with Gasteiger partial charge in [0, 0.05) is 22.9 Å². The van der Waals surface area contributed by atoms with Gasteiger partial charge in [0.15, 0.2) is 0 Å². The SMILES string of the molecule is Cc1cccc(N(C)c2ccc(CCN)c(Br)c2)c1. The molecule has 0 spiro atoms. The summed E-state index contributed by atoms with van der Waals surface area (Å²) in [5.74, 6) is 0. The zero-order chi connectivity index (χ0) is 13.8. The van der Waals surface area contributed by atoms with Gasteiger partial charge in [0.2, 0.25) is 0 Å². The number of halogens is 1. The van der Waals surface area contributed by atoms with Crippen LogP contribution in [0.25, 0.3) is 0 Å². The lowest BCUT2D eigenvalue weighted by Gasteiger charge is -2.21. The van der Waals surface area contributed by atoms with Crippen molar-refractivity contribution in [2.45, 2.75) is 13.3 Å². The summed E-state index contributed by atoms with van der Waals surface area (Å²) in [6, 6.07) is 14.9. The average Bonchev–Trinajstić information content (AvgIpc) is 2.40. The van der Waals surface area contributed by atoms with Crippen LogP contribution in [0.1, 0.15) is 11.1 Å². The second-order valence-corrected chi connectivity index (χ2v) is 5.57. The Morgan fingerprint density at radius 3 is 2.47 bits per heavy atom. The maximum atomic E-state index is 5.60. The molecule has 0 bridgehead atoms. The van der Waals surface area contributed by atoms with E-state index < -0.39 is 0 Å². The molecule has 2 rings (SSSR count). The Hall–Kier alpha value is -1.32. The van der Waals surface area contributed by atoms with E-state index in [0.717, 1.165) is 10.9 Å². The van der Waals surface area contributed by atoms with Gasteiger partial charge in [0.1, 0.15) is 0 Å². The van der Waals surface area contributed by atoms with Crippen molar-refractivity contribution >= 4 is 27.3 Å². The molecule has 0 saturated heterocycles. The first-order chi connectivity index (χ1) is 9.11. The highest BCUT2D eigenvalue weighted by Gasteiger charge is 2.07. The molecule has 0 aliphatic heterocycles. The molecule has 0 radical (unpaired) electrons. The van der Waals surface area contributed by atoms with Gasteiger partial charge in [-0.15, -0.1) is 0 Å². The second-order valence-electron chi connectivity index (χ2n) is 4.71. The molecule has 2 aromatic carbocycles. The lowest BCUT2D eigenvalue weighted by molar-refractivity contribution is 0.962. The molecule has 2 aromatic rings. The van der Waals surface area contributed by atoms with E-state index in [1.165, 1.54) is 22.5 Å².